The van der Waals surface area contributed by atoms with Gasteiger partial charge < -0.3 is 10.1 Å². The molecule has 1 fully saturated rings. The lowest BCUT2D eigenvalue weighted by Crippen LogP contribution is -2.43. The van der Waals surface area contributed by atoms with Crippen LogP contribution in [0.3, 0.4) is 0 Å². The van der Waals surface area contributed by atoms with Crippen molar-refractivity contribution in [3.05, 3.63) is 53.6 Å². The van der Waals surface area contributed by atoms with E-state index in [1.165, 1.54) is 4.31 Å². The van der Waals surface area contributed by atoms with Crippen molar-refractivity contribution in [1.82, 2.24) is 4.31 Å². The van der Waals surface area contributed by atoms with E-state index in [0.29, 0.717) is 35.7 Å². The molecule has 1 heterocycles. The van der Waals surface area contributed by atoms with Crippen molar-refractivity contribution < 1.29 is 17.9 Å². The third-order valence-corrected chi connectivity index (χ3v) is 7.08. The van der Waals surface area contributed by atoms with Crippen molar-refractivity contribution in [3.8, 4) is 5.75 Å². The van der Waals surface area contributed by atoms with Gasteiger partial charge in [-0.3, -0.25) is 4.79 Å². The molecule has 1 aliphatic heterocycles. The van der Waals surface area contributed by atoms with Crippen LogP contribution in [-0.4, -0.2) is 38.8 Å². The fourth-order valence-corrected chi connectivity index (χ4v) is 5.25. The molecule has 150 valence electrons. The molecule has 2 aromatic rings. The third-order valence-electron chi connectivity index (χ3n) is 5.07. The number of methoxy groups -OCH3 is 1. The zero-order chi connectivity index (χ0) is 20.3. The largest absolute Gasteiger partial charge is 0.497 e. The summed E-state index contributed by atoms with van der Waals surface area (Å²) >= 11 is 0. The Morgan fingerprint density at radius 2 is 1.86 bits per heavy atom. The topological polar surface area (TPSA) is 75.7 Å². The lowest BCUT2D eigenvalue weighted by Gasteiger charge is -2.31. The minimum Gasteiger partial charge on any atom is -0.497 e. The Kier molecular flexibility index (Phi) is 6.05. The molecule has 1 aliphatic rings. The third kappa shape index (κ3) is 4.36. The second kappa shape index (κ2) is 8.32. The van der Waals surface area contributed by atoms with Crippen LogP contribution in [0.25, 0.3) is 0 Å². The molecule has 0 bridgehead atoms. The molecule has 0 saturated carbocycles. The fraction of sp³-hybridized carbons (Fsp3) is 0.381. The van der Waals surface area contributed by atoms with Crippen LogP contribution in [-0.2, 0) is 14.8 Å². The van der Waals surface area contributed by atoms with Crippen molar-refractivity contribution >= 4 is 21.6 Å². The maximum absolute atomic E-state index is 13.1. The van der Waals surface area contributed by atoms with E-state index in [9.17, 15) is 13.2 Å². The van der Waals surface area contributed by atoms with Gasteiger partial charge in [-0.25, -0.2) is 8.42 Å². The van der Waals surface area contributed by atoms with E-state index in [-0.39, 0.29) is 18.4 Å². The Morgan fingerprint density at radius 1 is 1.14 bits per heavy atom. The first-order valence-electron chi connectivity index (χ1n) is 9.33. The molecule has 28 heavy (non-hydrogen) atoms. The van der Waals surface area contributed by atoms with Crippen LogP contribution < -0.4 is 10.1 Å². The highest BCUT2D eigenvalue weighted by atomic mass is 32.2. The quantitative estimate of drug-likeness (QED) is 0.832. The van der Waals surface area contributed by atoms with E-state index in [1.54, 1.807) is 44.4 Å². The van der Waals surface area contributed by atoms with Gasteiger partial charge in [0, 0.05) is 18.8 Å². The number of hydrogen-bond donors (Lipinski definition) is 1. The van der Waals surface area contributed by atoms with Crippen molar-refractivity contribution in [2.24, 2.45) is 5.92 Å². The molecule has 2 aromatic carbocycles. The molecule has 1 N–H and O–H groups in total. The van der Waals surface area contributed by atoms with Crippen LogP contribution in [0.4, 0.5) is 5.69 Å². The zero-order valence-corrected chi connectivity index (χ0v) is 17.3. The number of sulfonamides is 1. The van der Waals surface area contributed by atoms with E-state index >= 15 is 0 Å². The monoisotopic (exact) mass is 402 g/mol. The van der Waals surface area contributed by atoms with Crippen molar-refractivity contribution in [1.29, 1.82) is 0 Å². The van der Waals surface area contributed by atoms with Crippen LogP contribution in [0.5, 0.6) is 5.75 Å². The molecule has 0 radical (unpaired) electrons. The molecular weight excluding hydrogens is 376 g/mol. The molecule has 1 atom stereocenters. The molecule has 0 aromatic heterocycles. The number of carbonyl (C=O) groups is 1. The maximum Gasteiger partial charge on any atom is 0.243 e. The predicted molar refractivity (Wildman–Crippen MR) is 109 cm³/mol. The number of hydrogen-bond acceptors (Lipinski definition) is 4. The zero-order valence-electron chi connectivity index (χ0n) is 16.4. The van der Waals surface area contributed by atoms with Gasteiger partial charge in [-0.15, -0.1) is 0 Å². The number of rotatable bonds is 5. The smallest absolute Gasteiger partial charge is 0.243 e. The van der Waals surface area contributed by atoms with Gasteiger partial charge in [-0.2, -0.15) is 4.31 Å². The highest BCUT2D eigenvalue weighted by Crippen LogP contribution is 2.27. The van der Waals surface area contributed by atoms with Gasteiger partial charge in [0.05, 0.1) is 17.9 Å². The van der Waals surface area contributed by atoms with Crippen LogP contribution in [0, 0.1) is 19.8 Å². The Morgan fingerprint density at radius 3 is 2.54 bits per heavy atom. The van der Waals surface area contributed by atoms with Crippen LogP contribution in [0.15, 0.2) is 47.4 Å². The first kappa shape index (κ1) is 20.4. The molecular formula is C21H26N2O4S. The van der Waals surface area contributed by atoms with Crippen LogP contribution in [0.2, 0.25) is 0 Å². The number of nitrogens with zero attached hydrogens (tertiary/aromatic N) is 1. The molecule has 6 nitrogen and oxygen atoms in total. The standard InChI is InChI=1S/C21H26N2O4S/c1-15-6-7-16(2)20(13-15)28(25,26)23-12-4-5-17(14-23)21(24)22-18-8-10-19(27-3)11-9-18/h6-11,13,17H,4-5,12,14H2,1-3H3,(H,22,24)/t17-/m0/s1. The first-order valence-corrected chi connectivity index (χ1v) is 10.8. The summed E-state index contributed by atoms with van der Waals surface area (Å²) in [5, 5.41) is 2.88. The number of benzene rings is 2. The minimum atomic E-state index is -3.63. The first-order chi connectivity index (χ1) is 13.3. The summed E-state index contributed by atoms with van der Waals surface area (Å²) in [5.41, 5.74) is 2.28. The van der Waals surface area contributed by atoms with Gasteiger partial charge in [-0.1, -0.05) is 12.1 Å². The minimum absolute atomic E-state index is 0.161. The average molecular weight is 403 g/mol. The number of ether oxygens (including phenoxy) is 1. The second-order valence-electron chi connectivity index (χ2n) is 7.19. The number of anilines is 1. The summed E-state index contributed by atoms with van der Waals surface area (Å²) in [5.74, 6) is 0.170. The van der Waals surface area contributed by atoms with Gasteiger partial charge in [0.25, 0.3) is 0 Å². The molecule has 1 amide bonds. The van der Waals surface area contributed by atoms with E-state index in [2.05, 4.69) is 5.32 Å². The van der Waals surface area contributed by atoms with E-state index < -0.39 is 10.0 Å². The molecule has 1 saturated heterocycles. The summed E-state index contributed by atoms with van der Waals surface area (Å²) in [7, 11) is -2.04. The van der Waals surface area contributed by atoms with E-state index in [0.717, 1.165) is 11.1 Å². The number of aryl methyl sites for hydroxylation is 2. The van der Waals surface area contributed by atoms with Gasteiger partial charge >= 0.3 is 0 Å². The molecule has 0 spiro atoms. The van der Waals surface area contributed by atoms with Gasteiger partial charge in [0.15, 0.2) is 0 Å². The fourth-order valence-electron chi connectivity index (χ4n) is 3.42. The highest BCUT2D eigenvalue weighted by Gasteiger charge is 2.34. The summed E-state index contributed by atoms with van der Waals surface area (Å²) in [6.45, 7) is 4.30. The van der Waals surface area contributed by atoms with E-state index in [4.69, 9.17) is 4.74 Å². The van der Waals surface area contributed by atoms with E-state index in [1.807, 2.05) is 19.1 Å². The summed E-state index contributed by atoms with van der Waals surface area (Å²) < 4.78 is 32.8. The van der Waals surface area contributed by atoms with Crippen LogP contribution in [0.1, 0.15) is 24.0 Å². The number of carbonyl (C=O) groups excluding carboxylic acids is 1. The average Bonchev–Trinajstić information content (AvgIpc) is 2.70. The molecule has 3 rings (SSSR count). The lowest BCUT2D eigenvalue weighted by atomic mass is 9.99. The van der Waals surface area contributed by atoms with Gasteiger partial charge in [0.2, 0.25) is 15.9 Å². The normalized spacial score (nSPS) is 17.9. The van der Waals surface area contributed by atoms with Crippen molar-refractivity contribution in [2.45, 2.75) is 31.6 Å². The summed E-state index contributed by atoms with van der Waals surface area (Å²) in [6.07, 6.45) is 1.33. The molecule has 0 aliphatic carbocycles. The Bertz CT molecular complexity index is 955. The second-order valence-corrected chi connectivity index (χ2v) is 9.10. The Hall–Kier alpha value is -2.38. The van der Waals surface area contributed by atoms with Gasteiger partial charge in [-0.05, 0) is 68.1 Å². The van der Waals surface area contributed by atoms with Crippen molar-refractivity contribution in [2.75, 3.05) is 25.5 Å². The number of nitrogens with one attached hydrogen (secondary N) is 1. The molecule has 7 heteroatoms. The Labute approximate surface area is 166 Å². The van der Waals surface area contributed by atoms with Crippen LogP contribution >= 0.6 is 0 Å². The SMILES string of the molecule is COc1ccc(NC(=O)[C@H]2CCCN(S(=O)(=O)c3cc(C)ccc3C)C2)cc1. The predicted octanol–water partition coefficient (Wildman–Crippen LogP) is 3.35. The van der Waals surface area contributed by atoms with Gasteiger partial charge in [0.1, 0.15) is 5.75 Å². The number of piperidine rings is 1. The summed E-state index contributed by atoms with van der Waals surface area (Å²) in [6, 6.07) is 12.5. The Balaban J connectivity index is 1.73. The molecule has 0 unspecified atom stereocenters. The lowest BCUT2D eigenvalue weighted by molar-refractivity contribution is -0.120. The van der Waals surface area contributed by atoms with Crippen molar-refractivity contribution in [3.63, 3.8) is 0 Å². The summed E-state index contributed by atoms with van der Waals surface area (Å²) in [4.78, 5) is 13.0. The maximum atomic E-state index is 13.1. The number of amides is 1. The highest BCUT2D eigenvalue weighted by molar-refractivity contribution is 7.89.